The smallest absolute Gasteiger partial charge is 0.255 e. The molecule has 2 amide bonds. The van der Waals surface area contributed by atoms with Gasteiger partial charge in [0.25, 0.3) is 5.89 Å². The van der Waals surface area contributed by atoms with Crippen LogP contribution >= 0.6 is 11.3 Å². The first-order valence-electron chi connectivity index (χ1n) is 14.5. The number of benzene rings is 1. The molecular formula is C31H39N5O3S. The quantitative estimate of drug-likeness (QED) is 0.293. The van der Waals surface area contributed by atoms with Gasteiger partial charge in [-0.05, 0) is 43.9 Å². The molecule has 1 aliphatic heterocycles. The Bertz CT molecular complexity index is 1300. The van der Waals surface area contributed by atoms with E-state index < -0.39 is 6.04 Å². The molecule has 2 aromatic heterocycles. The molecule has 3 aromatic rings. The van der Waals surface area contributed by atoms with Gasteiger partial charge in [0.2, 0.25) is 11.8 Å². The minimum atomic E-state index is -0.534. The highest BCUT2D eigenvalue weighted by molar-refractivity contribution is 7.19. The van der Waals surface area contributed by atoms with Gasteiger partial charge in [-0.25, -0.2) is 9.97 Å². The zero-order valence-electron chi connectivity index (χ0n) is 23.4. The van der Waals surface area contributed by atoms with Crippen molar-refractivity contribution in [1.29, 1.82) is 0 Å². The van der Waals surface area contributed by atoms with E-state index in [2.05, 4.69) is 36.0 Å². The maximum Gasteiger partial charge on any atom is 0.255 e. The minimum Gasteiger partial charge on any atom is -0.443 e. The van der Waals surface area contributed by atoms with E-state index in [4.69, 9.17) is 9.40 Å². The average molecular weight is 562 g/mol. The van der Waals surface area contributed by atoms with Crippen LogP contribution in [0.25, 0.3) is 22.2 Å². The molecule has 2 fully saturated rings. The largest absolute Gasteiger partial charge is 0.443 e. The lowest BCUT2D eigenvalue weighted by Gasteiger charge is -2.36. The Labute approximate surface area is 240 Å². The number of allylic oxidation sites excluding steroid dienone is 1. The summed E-state index contributed by atoms with van der Waals surface area (Å²) in [4.78, 5) is 38.7. The summed E-state index contributed by atoms with van der Waals surface area (Å²) in [6.45, 7) is 9.10. The normalized spacial score (nSPS) is 19.2. The molecule has 212 valence electrons. The van der Waals surface area contributed by atoms with Crippen LogP contribution in [0.2, 0.25) is 0 Å². The number of anilines is 1. The topological polar surface area (TPSA) is 100 Å². The van der Waals surface area contributed by atoms with E-state index in [9.17, 15) is 9.59 Å². The highest BCUT2D eigenvalue weighted by Gasteiger charge is 2.40. The van der Waals surface area contributed by atoms with E-state index in [1.807, 2.05) is 30.3 Å². The molecule has 8 nitrogen and oxygen atoms in total. The summed E-state index contributed by atoms with van der Waals surface area (Å²) in [6.07, 6.45) is 11.0. The summed E-state index contributed by atoms with van der Waals surface area (Å²) in [7, 11) is 0. The Morgan fingerprint density at radius 3 is 2.62 bits per heavy atom. The molecule has 1 aromatic carbocycles. The second kappa shape index (κ2) is 12.8. The van der Waals surface area contributed by atoms with Crippen molar-refractivity contribution in [1.82, 2.24) is 20.2 Å². The molecule has 1 saturated carbocycles. The number of thiazole rings is 1. The molecule has 40 heavy (non-hydrogen) atoms. The van der Waals surface area contributed by atoms with Gasteiger partial charge < -0.3 is 20.0 Å². The van der Waals surface area contributed by atoms with Crippen LogP contribution in [-0.2, 0) is 9.59 Å². The number of rotatable bonds is 10. The first-order chi connectivity index (χ1) is 19.5. The third-order valence-corrected chi connectivity index (χ3v) is 9.26. The molecule has 0 spiro atoms. The second-order valence-corrected chi connectivity index (χ2v) is 11.9. The Morgan fingerprint density at radius 2 is 1.93 bits per heavy atom. The van der Waals surface area contributed by atoms with Crippen molar-refractivity contribution in [2.24, 2.45) is 11.8 Å². The molecule has 5 rings (SSSR count). The average Bonchev–Trinajstić information content (AvgIpc) is 3.77. The summed E-state index contributed by atoms with van der Waals surface area (Å²) in [5.41, 5.74) is 2.45. The molecule has 1 saturated heterocycles. The van der Waals surface area contributed by atoms with Crippen LogP contribution < -0.4 is 10.6 Å². The van der Waals surface area contributed by atoms with E-state index in [1.54, 1.807) is 11.1 Å². The summed E-state index contributed by atoms with van der Waals surface area (Å²) in [5, 5.41) is 7.86. The van der Waals surface area contributed by atoms with Crippen LogP contribution in [0, 0.1) is 11.8 Å². The van der Waals surface area contributed by atoms with Gasteiger partial charge in [-0.15, -0.1) is 0 Å². The number of nitrogens with one attached hydrogen (secondary N) is 2. The number of hydrogen-bond acceptors (Lipinski definition) is 7. The van der Waals surface area contributed by atoms with E-state index in [-0.39, 0.29) is 29.7 Å². The van der Waals surface area contributed by atoms with Crippen LogP contribution in [0.5, 0.6) is 0 Å². The summed E-state index contributed by atoms with van der Waals surface area (Å²) >= 11 is 1.33. The molecule has 0 bridgehead atoms. The van der Waals surface area contributed by atoms with E-state index in [0.717, 1.165) is 49.8 Å². The lowest BCUT2D eigenvalue weighted by Crippen LogP contribution is -2.54. The summed E-state index contributed by atoms with van der Waals surface area (Å²) in [6, 6.07) is 8.85. The number of likely N-dealkylation sites (tertiary alicyclic amines) is 1. The number of aromatic nitrogens is 2. The highest BCUT2D eigenvalue weighted by Crippen LogP contribution is 2.38. The van der Waals surface area contributed by atoms with Crippen LogP contribution in [0.3, 0.4) is 0 Å². The predicted molar refractivity (Wildman–Crippen MR) is 159 cm³/mol. The molecule has 3 atom stereocenters. The van der Waals surface area contributed by atoms with Gasteiger partial charge in [-0.1, -0.05) is 81.4 Å². The van der Waals surface area contributed by atoms with Crippen molar-refractivity contribution in [3.8, 4) is 22.2 Å². The predicted octanol–water partition coefficient (Wildman–Crippen LogP) is 6.49. The highest BCUT2D eigenvalue weighted by atomic mass is 32.1. The standard InChI is InChI=1S/C31H39N5O3S/c1-4-20(2)21(3)33-26(23-14-9-6-10-15-23)31(38)36-18-11-16-24(36)27(37)35-29-25(22-12-7-5-8-13-22)34-30(40-29)28-32-17-19-39-28/h5,7-8,12-13,17,19-20,23-24,26,33H,3-4,6,9-11,14-16,18H2,1-2H3,(H,35,37)/t20-,24+,26+/m1/s1. The fraction of sp³-hybridized carbons (Fsp3) is 0.484. The zero-order chi connectivity index (χ0) is 28.1. The molecule has 0 unspecified atom stereocenters. The van der Waals surface area contributed by atoms with E-state index in [1.165, 1.54) is 24.0 Å². The Kier molecular flexibility index (Phi) is 8.99. The SMILES string of the molecule is C=C(N[C@H](C(=O)N1CCC[C@H]1C(=O)Nc1sc(-c2ncco2)nc1-c1ccccc1)C1CCCCC1)[C@H](C)CC. The van der Waals surface area contributed by atoms with Crippen LogP contribution in [-0.4, -0.2) is 45.3 Å². The van der Waals surface area contributed by atoms with Crippen LogP contribution in [0.4, 0.5) is 5.00 Å². The Balaban J connectivity index is 1.38. The first-order valence-corrected chi connectivity index (χ1v) is 15.3. The second-order valence-electron chi connectivity index (χ2n) is 10.9. The van der Waals surface area contributed by atoms with Crippen LogP contribution in [0.15, 0.2) is 59.5 Å². The van der Waals surface area contributed by atoms with E-state index >= 15 is 0 Å². The Hall–Kier alpha value is -3.46. The number of amides is 2. The third-order valence-electron chi connectivity index (χ3n) is 8.30. The molecule has 2 N–H and O–H groups in total. The van der Waals surface area contributed by atoms with Gasteiger partial charge in [0, 0.05) is 17.8 Å². The third kappa shape index (κ3) is 6.14. The van der Waals surface area contributed by atoms with Gasteiger partial charge in [0.1, 0.15) is 29.0 Å². The zero-order valence-corrected chi connectivity index (χ0v) is 24.2. The number of hydrogen-bond donors (Lipinski definition) is 2. The maximum atomic E-state index is 14.1. The van der Waals surface area contributed by atoms with Crippen molar-refractivity contribution in [3.05, 3.63) is 55.1 Å². The van der Waals surface area contributed by atoms with Crippen molar-refractivity contribution >= 4 is 28.2 Å². The van der Waals surface area contributed by atoms with E-state index in [0.29, 0.717) is 34.6 Å². The molecular weight excluding hydrogens is 522 g/mol. The number of carbonyl (C=O) groups is 2. The molecule has 3 heterocycles. The number of carbonyl (C=O) groups excluding carboxylic acids is 2. The summed E-state index contributed by atoms with van der Waals surface area (Å²) in [5.74, 6) is 0.761. The van der Waals surface area contributed by atoms with Crippen molar-refractivity contribution in [2.75, 3.05) is 11.9 Å². The Morgan fingerprint density at radius 1 is 1.15 bits per heavy atom. The van der Waals surface area contributed by atoms with Crippen molar-refractivity contribution in [3.63, 3.8) is 0 Å². The minimum absolute atomic E-state index is 0.0158. The molecule has 0 radical (unpaired) electrons. The first kappa shape index (κ1) is 28.1. The fourth-order valence-corrected chi connectivity index (χ4v) is 6.66. The van der Waals surface area contributed by atoms with Gasteiger partial charge >= 0.3 is 0 Å². The number of nitrogens with zero attached hydrogens (tertiary/aromatic N) is 3. The van der Waals surface area contributed by atoms with Gasteiger partial charge in [-0.3, -0.25) is 9.59 Å². The van der Waals surface area contributed by atoms with Crippen molar-refractivity contribution in [2.45, 2.75) is 77.3 Å². The lowest BCUT2D eigenvalue weighted by atomic mass is 9.82. The lowest BCUT2D eigenvalue weighted by molar-refractivity contribution is -0.139. The molecule has 2 aliphatic rings. The van der Waals surface area contributed by atoms with Crippen LogP contribution in [0.1, 0.15) is 65.2 Å². The number of oxazole rings is 1. The van der Waals surface area contributed by atoms with Gasteiger partial charge in [0.05, 0.1) is 6.20 Å². The van der Waals surface area contributed by atoms with Gasteiger partial charge in [-0.2, -0.15) is 0 Å². The maximum absolute atomic E-state index is 14.1. The fourth-order valence-electron chi connectivity index (χ4n) is 5.73. The molecule has 1 aliphatic carbocycles. The summed E-state index contributed by atoms with van der Waals surface area (Å²) < 4.78 is 5.47. The van der Waals surface area contributed by atoms with Gasteiger partial charge in [0.15, 0.2) is 5.01 Å². The molecule has 9 heteroatoms. The van der Waals surface area contributed by atoms with Crippen molar-refractivity contribution < 1.29 is 14.0 Å². The monoisotopic (exact) mass is 561 g/mol.